The van der Waals surface area contributed by atoms with Crippen LogP contribution in [0.5, 0.6) is 5.75 Å². The van der Waals surface area contributed by atoms with Gasteiger partial charge in [-0.3, -0.25) is 9.59 Å². The molecule has 0 spiro atoms. The molecule has 1 saturated heterocycles. The SMILES string of the molecule is CCOc1ccc(C(=O)N2CCC(NC(C)=O)C2)cc1N. The number of carbonyl (C=O) groups is 2. The van der Waals surface area contributed by atoms with Gasteiger partial charge in [-0.05, 0) is 31.5 Å². The number of hydrogen-bond donors (Lipinski definition) is 2. The lowest BCUT2D eigenvalue weighted by molar-refractivity contribution is -0.119. The van der Waals surface area contributed by atoms with Crippen LogP contribution in [-0.2, 0) is 4.79 Å². The van der Waals surface area contributed by atoms with Crippen molar-refractivity contribution < 1.29 is 14.3 Å². The zero-order chi connectivity index (χ0) is 15.4. The topological polar surface area (TPSA) is 84.7 Å². The summed E-state index contributed by atoms with van der Waals surface area (Å²) in [4.78, 5) is 25.2. The van der Waals surface area contributed by atoms with E-state index in [0.717, 1.165) is 6.42 Å². The molecule has 1 heterocycles. The maximum atomic E-state index is 12.4. The lowest BCUT2D eigenvalue weighted by atomic mass is 10.1. The van der Waals surface area contributed by atoms with Crippen molar-refractivity contribution in [2.24, 2.45) is 0 Å². The number of nitrogens with one attached hydrogen (secondary N) is 1. The fourth-order valence-corrected chi connectivity index (χ4v) is 2.50. The number of anilines is 1. The lowest BCUT2D eigenvalue weighted by Gasteiger charge is -2.17. The van der Waals surface area contributed by atoms with Crippen LogP contribution in [0.2, 0.25) is 0 Å². The Morgan fingerprint density at radius 2 is 2.24 bits per heavy atom. The molecular formula is C15H21N3O3. The van der Waals surface area contributed by atoms with Crippen molar-refractivity contribution in [3.05, 3.63) is 23.8 Å². The molecule has 6 nitrogen and oxygen atoms in total. The fraction of sp³-hybridized carbons (Fsp3) is 0.467. The van der Waals surface area contributed by atoms with E-state index in [9.17, 15) is 9.59 Å². The number of ether oxygens (including phenoxy) is 1. The maximum absolute atomic E-state index is 12.4. The van der Waals surface area contributed by atoms with Crippen molar-refractivity contribution in [1.29, 1.82) is 0 Å². The van der Waals surface area contributed by atoms with Gasteiger partial charge in [-0.25, -0.2) is 0 Å². The number of benzene rings is 1. The number of carbonyl (C=O) groups excluding carboxylic acids is 2. The number of nitrogen functional groups attached to an aromatic ring is 1. The van der Waals surface area contributed by atoms with Gasteiger partial charge in [-0.15, -0.1) is 0 Å². The van der Waals surface area contributed by atoms with Crippen LogP contribution in [0.15, 0.2) is 18.2 Å². The summed E-state index contributed by atoms with van der Waals surface area (Å²) in [5, 5.41) is 2.84. The molecule has 1 fully saturated rings. The Morgan fingerprint density at radius 1 is 1.48 bits per heavy atom. The zero-order valence-electron chi connectivity index (χ0n) is 12.4. The third-order valence-electron chi connectivity index (χ3n) is 3.44. The van der Waals surface area contributed by atoms with Crippen LogP contribution in [0.1, 0.15) is 30.6 Å². The number of rotatable bonds is 4. The summed E-state index contributed by atoms with van der Waals surface area (Å²) in [7, 11) is 0. The summed E-state index contributed by atoms with van der Waals surface area (Å²) in [6, 6.07) is 5.11. The molecular weight excluding hydrogens is 270 g/mol. The third-order valence-corrected chi connectivity index (χ3v) is 3.44. The summed E-state index contributed by atoms with van der Waals surface area (Å²) >= 11 is 0. The normalized spacial score (nSPS) is 17.6. The highest BCUT2D eigenvalue weighted by atomic mass is 16.5. The number of nitrogens with two attached hydrogens (primary N) is 1. The summed E-state index contributed by atoms with van der Waals surface area (Å²) in [6.45, 7) is 5.06. The Kier molecular flexibility index (Phi) is 4.67. The van der Waals surface area contributed by atoms with Gasteiger partial charge in [0.05, 0.1) is 12.3 Å². The Hall–Kier alpha value is -2.24. The van der Waals surface area contributed by atoms with E-state index >= 15 is 0 Å². The highest BCUT2D eigenvalue weighted by Gasteiger charge is 2.27. The van der Waals surface area contributed by atoms with Gasteiger partial charge >= 0.3 is 0 Å². The molecule has 1 unspecified atom stereocenters. The van der Waals surface area contributed by atoms with Crippen molar-refractivity contribution in [1.82, 2.24) is 10.2 Å². The first kappa shape index (κ1) is 15.2. The van der Waals surface area contributed by atoms with E-state index in [1.807, 2.05) is 6.92 Å². The van der Waals surface area contributed by atoms with Crippen molar-refractivity contribution in [2.75, 3.05) is 25.4 Å². The number of amides is 2. The molecule has 0 saturated carbocycles. The molecule has 1 aromatic carbocycles. The minimum Gasteiger partial charge on any atom is -0.492 e. The minimum absolute atomic E-state index is 0.0338. The first-order valence-corrected chi connectivity index (χ1v) is 7.10. The van der Waals surface area contributed by atoms with Crippen molar-refractivity contribution >= 4 is 17.5 Å². The monoisotopic (exact) mass is 291 g/mol. The van der Waals surface area contributed by atoms with Crippen LogP contribution in [-0.4, -0.2) is 42.5 Å². The number of hydrogen-bond acceptors (Lipinski definition) is 4. The van der Waals surface area contributed by atoms with Crippen LogP contribution in [0.3, 0.4) is 0 Å². The molecule has 0 bridgehead atoms. The average molecular weight is 291 g/mol. The smallest absolute Gasteiger partial charge is 0.254 e. The van der Waals surface area contributed by atoms with Gasteiger partial charge in [0.15, 0.2) is 0 Å². The van der Waals surface area contributed by atoms with E-state index in [-0.39, 0.29) is 17.9 Å². The summed E-state index contributed by atoms with van der Waals surface area (Å²) in [5.41, 5.74) is 6.88. The van der Waals surface area contributed by atoms with Gasteiger partial charge < -0.3 is 20.7 Å². The van der Waals surface area contributed by atoms with E-state index in [0.29, 0.717) is 36.7 Å². The number of nitrogens with zero attached hydrogens (tertiary/aromatic N) is 1. The molecule has 6 heteroatoms. The first-order valence-electron chi connectivity index (χ1n) is 7.10. The molecule has 0 aromatic heterocycles. The third kappa shape index (κ3) is 3.65. The highest BCUT2D eigenvalue weighted by molar-refractivity contribution is 5.95. The second-order valence-electron chi connectivity index (χ2n) is 5.12. The van der Waals surface area contributed by atoms with E-state index < -0.39 is 0 Å². The van der Waals surface area contributed by atoms with Crippen LogP contribution in [0.4, 0.5) is 5.69 Å². The molecule has 2 rings (SSSR count). The molecule has 1 aliphatic heterocycles. The molecule has 3 N–H and O–H groups in total. The lowest BCUT2D eigenvalue weighted by Crippen LogP contribution is -2.37. The van der Waals surface area contributed by atoms with Gasteiger partial charge in [0.1, 0.15) is 5.75 Å². The van der Waals surface area contributed by atoms with Gasteiger partial charge in [0.25, 0.3) is 5.91 Å². The Bertz CT molecular complexity index is 545. The van der Waals surface area contributed by atoms with E-state index in [1.165, 1.54) is 6.92 Å². The first-order chi connectivity index (χ1) is 10.0. The molecule has 2 amide bonds. The second-order valence-corrected chi connectivity index (χ2v) is 5.12. The van der Waals surface area contributed by atoms with Crippen LogP contribution in [0.25, 0.3) is 0 Å². The predicted molar refractivity (Wildman–Crippen MR) is 80.1 cm³/mol. The Morgan fingerprint density at radius 3 is 2.86 bits per heavy atom. The van der Waals surface area contributed by atoms with Gasteiger partial charge in [-0.1, -0.05) is 0 Å². The van der Waals surface area contributed by atoms with Crippen molar-refractivity contribution in [3.8, 4) is 5.75 Å². The summed E-state index contributed by atoms with van der Waals surface area (Å²) in [6.07, 6.45) is 0.776. The Labute approximate surface area is 124 Å². The minimum atomic E-state index is -0.0717. The fourth-order valence-electron chi connectivity index (χ4n) is 2.50. The standard InChI is InChI=1S/C15H21N3O3/c1-3-21-14-5-4-11(8-13(14)16)15(20)18-7-6-12(9-18)17-10(2)19/h4-5,8,12H,3,6-7,9,16H2,1-2H3,(H,17,19). The largest absolute Gasteiger partial charge is 0.492 e. The van der Waals surface area contributed by atoms with Crippen molar-refractivity contribution in [3.63, 3.8) is 0 Å². The molecule has 0 aliphatic carbocycles. The average Bonchev–Trinajstić information content (AvgIpc) is 2.88. The number of likely N-dealkylation sites (tertiary alicyclic amines) is 1. The molecule has 1 aliphatic rings. The molecule has 0 radical (unpaired) electrons. The summed E-state index contributed by atoms with van der Waals surface area (Å²) < 4.78 is 5.36. The maximum Gasteiger partial charge on any atom is 0.254 e. The van der Waals surface area contributed by atoms with Gasteiger partial charge in [-0.2, -0.15) is 0 Å². The van der Waals surface area contributed by atoms with Crippen LogP contribution < -0.4 is 15.8 Å². The Balaban J connectivity index is 2.04. The van der Waals surface area contributed by atoms with E-state index in [2.05, 4.69) is 5.32 Å². The zero-order valence-corrected chi connectivity index (χ0v) is 12.4. The van der Waals surface area contributed by atoms with Crippen molar-refractivity contribution in [2.45, 2.75) is 26.3 Å². The quantitative estimate of drug-likeness (QED) is 0.811. The molecule has 114 valence electrons. The summed E-state index contributed by atoms with van der Waals surface area (Å²) in [5.74, 6) is 0.448. The highest BCUT2D eigenvalue weighted by Crippen LogP contribution is 2.24. The van der Waals surface area contributed by atoms with Gasteiger partial charge in [0, 0.05) is 31.6 Å². The second kappa shape index (κ2) is 6.47. The van der Waals surface area contributed by atoms with E-state index in [1.54, 1.807) is 23.1 Å². The van der Waals surface area contributed by atoms with Crippen LogP contribution in [0, 0.1) is 0 Å². The van der Waals surface area contributed by atoms with Crippen LogP contribution >= 0.6 is 0 Å². The predicted octanol–water partition coefficient (Wildman–Crippen LogP) is 1.02. The molecule has 1 atom stereocenters. The molecule has 21 heavy (non-hydrogen) atoms. The van der Waals surface area contributed by atoms with Gasteiger partial charge in [0.2, 0.25) is 5.91 Å². The van der Waals surface area contributed by atoms with E-state index in [4.69, 9.17) is 10.5 Å². The molecule has 1 aromatic rings.